The molecule has 3 rings (SSSR count). The Kier molecular flexibility index (Phi) is 6.20. The first-order valence-corrected chi connectivity index (χ1v) is 12.1. The van der Waals surface area contributed by atoms with Crippen LogP contribution in [0.1, 0.15) is 32.8 Å². The zero-order valence-corrected chi connectivity index (χ0v) is 17.8. The summed E-state index contributed by atoms with van der Waals surface area (Å²) in [5.41, 5.74) is 1.99. The number of hydrogen-bond donors (Lipinski definition) is 2. The van der Waals surface area contributed by atoms with Gasteiger partial charge in [0.25, 0.3) is 0 Å². The van der Waals surface area contributed by atoms with Crippen molar-refractivity contribution in [3.8, 4) is 0 Å². The van der Waals surface area contributed by atoms with Crippen molar-refractivity contribution in [2.24, 2.45) is 0 Å². The summed E-state index contributed by atoms with van der Waals surface area (Å²) in [6, 6.07) is 7.34. The number of sulfonamides is 1. The second-order valence-corrected chi connectivity index (χ2v) is 11.6. The van der Waals surface area contributed by atoms with Gasteiger partial charge in [-0.3, -0.25) is 4.79 Å². The topological polar surface area (TPSA) is 78.5 Å². The first kappa shape index (κ1) is 20.6. The van der Waals surface area contributed by atoms with Crippen molar-refractivity contribution in [2.75, 3.05) is 36.5 Å². The Morgan fingerprint density at radius 1 is 1.19 bits per heavy atom. The molecule has 0 aliphatic carbocycles. The van der Waals surface area contributed by atoms with Gasteiger partial charge in [0.15, 0.2) is 0 Å². The van der Waals surface area contributed by atoms with Crippen LogP contribution < -0.4 is 10.6 Å². The Balaban J connectivity index is 1.59. The Hall–Kier alpha value is -1.09. The second kappa shape index (κ2) is 8.11. The van der Waals surface area contributed by atoms with Crippen LogP contribution in [0.2, 0.25) is 0 Å². The molecule has 0 spiro atoms. The first-order valence-electron chi connectivity index (χ1n) is 9.39. The maximum atomic E-state index is 12.8. The maximum Gasteiger partial charge on any atom is 0.241 e. The van der Waals surface area contributed by atoms with Gasteiger partial charge in [-0.15, -0.1) is 0 Å². The molecule has 2 atom stereocenters. The van der Waals surface area contributed by atoms with E-state index in [4.69, 9.17) is 0 Å². The Morgan fingerprint density at radius 2 is 1.81 bits per heavy atom. The van der Waals surface area contributed by atoms with E-state index in [1.807, 2.05) is 24.3 Å². The molecule has 2 saturated heterocycles. The van der Waals surface area contributed by atoms with Gasteiger partial charge in [0, 0.05) is 36.8 Å². The van der Waals surface area contributed by atoms with Gasteiger partial charge in [-0.05, 0) is 29.5 Å². The van der Waals surface area contributed by atoms with Crippen LogP contribution in [-0.4, -0.2) is 61.1 Å². The van der Waals surface area contributed by atoms with Gasteiger partial charge in [-0.25, -0.2) is 8.42 Å². The lowest BCUT2D eigenvalue weighted by atomic mass is 9.87. The molecular weight excluding hydrogens is 382 g/mol. The van der Waals surface area contributed by atoms with Crippen LogP contribution in [0, 0.1) is 0 Å². The zero-order chi connectivity index (χ0) is 19.7. The Morgan fingerprint density at radius 3 is 2.41 bits per heavy atom. The summed E-state index contributed by atoms with van der Waals surface area (Å²) in [5.74, 6) is 1.51. The van der Waals surface area contributed by atoms with Crippen LogP contribution in [0.4, 0.5) is 5.69 Å². The monoisotopic (exact) mass is 411 g/mol. The maximum absolute atomic E-state index is 12.8. The highest BCUT2D eigenvalue weighted by atomic mass is 32.2. The lowest BCUT2D eigenvalue weighted by Gasteiger charge is -2.28. The molecule has 150 valence electrons. The first-order chi connectivity index (χ1) is 12.7. The summed E-state index contributed by atoms with van der Waals surface area (Å²) >= 11 is 1.78. The number of rotatable bonds is 4. The largest absolute Gasteiger partial charge is 0.325 e. The van der Waals surface area contributed by atoms with Gasteiger partial charge in [-0.1, -0.05) is 32.9 Å². The van der Waals surface area contributed by atoms with Crippen molar-refractivity contribution in [3.05, 3.63) is 29.8 Å². The average Bonchev–Trinajstić information content (AvgIpc) is 3.13. The van der Waals surface area contributed by atoms with Crippen LogP contribution >= 0.6 is 11.8 Å². The molecule has 27 heavy (non-hydrogen) atoms. The Labute approximate surface area is 166 Å². The highest BCUT2D eigenvalue weighted by Crippen LogP contribution is 2.25. The van der Waals surface area contributed by atoms with Gasteiger partial charge in [-0.2, -0.15) is 16.1 Å². The normalized spacial score (nSPS) is 24.7. The standard InChI is InChI=1S/C19H29N3O3S2/c1-19(2,3)14-4-6-15(7-5-14)21-18(23)17-12-16(13-20-17)27(24,25)22-8-10-26-11-9-22/h4-7,16-17,20H,8-13H2,1-3H3,(H,21,23). The minimum atomic E-state index is -3.35. The number of hydrogen-bond acceptors (Lipinski definition) is 5. The molecule has 1 aromatic rings. The lowest BCUT2D eigenvalue weighted by Crippen LogP contribution is -2.44. The van der Waals surface area contributed by atoms with E-state index in [2.05, 4.69) is 31.4 Å². The van der Waals surface area contributed by atoms with Crippen LogP contribution in [0.5, 0.6) is 0 Å². The molecule has 2 N–H and O–H groups in total. The minimum Gasteiger partial charge on any atom is -0.325 e. The number of benzene rings is 1. The smallest absolute Gasteiger partial charge is 0.241 e. The predicted molar refractivity (Wildman–Crippen MR) is 112 cm³/mol. The van der Waals surface area contributed by atoms with Crippen molar-refractivity contribution >= 4 is 33.4 Å². The van der Waals surface area contributed by atoms with E-state index in [0.717, 1.165) is 17.2 Å². The second-order valence-electron chi connectivity index (χ2n) is 8.19. The molecule has 2 aliphatic heterocycles. The number of nitrogens with zero attached hydrogens (tertiary/aromatic N) is 1. The van der Waals surface area contributed by atoms with Gasteiger partial charge >= 0.3 is 0 Å². The fourth-order valence-corrected chi connectivity index (χ4v) is 6.41. The summed E-state index contributed by atoms with van der Waals surface area (Å²) in [7, 11) is -3.35. The molecule has 2 heterocycles. The molecule has 0 radical (unpaired) electrons. The molecular formula is C19H29N3O3S2. The molecule has 2 aliphatic rings. The quantitative estimate of drug-likeness (QED) is 0.793. The number of nitrogens with one attached hydrogen (secondary N) is 2. The number of thioether (sulfide) groups is 1. The van der Waals surface area contributed by atoms with Gasteiger partial charge in [0.1, 0.15) is 0 Å². The minimum absolute atomic E-state index is 0.0596. The van der Waals surface area contributed by atoms with Crippen LogP contribution in [-0.2, 0) is 20.2 Å². The van der Waals surface area contributed by atoms with Gasteiger partial charge < -0.3 is 10.6 Å². The van der Waals surface area contributed by atoms with E-state index < -0.39 is 21.3 Å². The third-order valence-corrected chi connectivity index (χ3v) is 8.41. The van der Waals surface area contributed by atoms with Crippen LogP contribution in [0.3, 0.4) is 0 Å². The molecule has 0 aromatic heterocycles. The number of amides is 1. The summed E-state index contributed by atoms with van der Waals surface area (Å²) in [4.78, 5) is 12.6. The predicted octanol–water partition coefficient (Wildman–Crippen LogP) is 2.03. The molecule has 0 bridgehead atoms. The molecule has 6 nitrogen and oxygen atoms in total. The van der Waals surface area contributed by atoms with Gasteiger partial charge in [0.2, 0.25) is 15.9 Å². The van der Waals surface area contributed by atoms with E-state index in [1.54, 1.807) is 16.1 Å². The van der Waals surface area contributed by atoms with Crippen LogP contribution in [0.15, 0.2) is 24.3 Å². The number of carbonyl (C=O) groups excluding carboxylic acids is 1. The van der Waals surface area contributed by atoms with E-state index in [0.29, 0.717) is 26.1 Å². The molecule has 0 saturated carbocycles. The SMILES string of the molecule is CC(C)(C)c1ccc(NC(=O)C2CC(S(=O)(=O)N3CCSCC3)CN2)cc1. The van der Waals surface area contributed by atoms with E-state index in [9.17, 15) is 13.2 Å². The molecule has 2 fully saturated rings. The van der Waals surface area contributed by atoms with Crippen LogP contribution in [0.25, 0.3) is 0 Å². The zero-order valence-electron chi connectivity index (χ0n) is 16.2. The van der Waals surface area contributed by atoms with Gasteiger partial charge in [0.05, 0.1) is 11.3 Å². The molecule has 2 unspecified atom stereocenters. The highest BCUT2D eigenvalue weighted by molar-refractivity contribution is 7.99. The highest BCUT2D eigenvalue weighted by Gasteiger charge is 2.40. The van der Waals surface area contributed by atoms with E-state index in [1.165, 1.54) is 5.56 Å². The van der Waals surface area contributed by atoms with E-state index >= 15 is 0 Å². The van der Waals surface area contributed by atoms with Crippen molar-refractivity contribution in [1.82, 2.24) is 9.62 Å². The summed E-state index contributed by atoms with van der Waals surface area (Å²) in [5, 5.41) is 5.46. The fourth-order valence-electron chi connectivity index (χ4n) is 3.42. The van der Waals surface area contributed by atoms with Crippen molar-refractivity contribution in [2.45, 2.75) is 43.9 Å². The third-order valence-electron chi connectivity index (χ3n) is 5.18. The summed E-state index contributed by atoms with van der Waals surface area (Å²) in [6.45, 7) is 7.90. The number of anilines is 1. The summed E-state index contributed by atoms with van der Waals surface area (Å²) < 4.78 is 27.2. The summed E-state index contributed by atoms with van der Waals surface area (Å²) in [6.07, 6.45) is 0.317. The van der Waals surface area contributed by atoms with Crippen molar-refractivity contribution in [3.63, 3.8) is 0 Å². The lowest BCUT2D eigenvalue weighted by molar-refractivity contribution is -0.117. The van der Waals surface area contributed by atoms with Crippen molar-refractivity contribution < 1.29 is 13.2 Å². The molecule has 1 amide bonds. The van der Waals surface area contributed by atoms with Crippen molar-refractivity contribution in [1.29, 1.82) is 0 Å². The number of carbonyl (C=O) groups is 1. The third kappa shape index (κ3) is 4.85. The van der Waals surface area contributed by atoms with E-state index in [-0.39, 0.29) is 11.3 Å². The Bertz CT molecular complexity index is 766. The fraction of sp³-hybridized carbons (Fsp3) is 0.632. The molecule has 8 heteroatoms. The molecule has 1 aromatic carbocycles. The average molecular weight is 412 g/mol.